The molecular weight excluding hydrogens is 472 g/mol. The molecule has 0 saturated carbocycles. The van der Waals surface area contributed by atoms with E-state index in [1.54, 1.807) is 17.3 Å². The Morgan fingerprint density at radius 3 is 2.49 bits per heavy atom. The smallest absolute Gasteiger partial charge is 0.251 e. The molecule has 5 heterocycles. The molecule has 194 valence electrons. The highest BCUT2D eigenvalue weighted by Crippen LogP contribution is 2.38. The van der Waals surface area contributed by atoms with Gasteiger partial charge in [0.05, 0.1) is 24.0 Å². The number of fused-ring (bicyclic) bond motifs is 1. The summed E-state index contributed by atoms with van der Waals surface area (Å²) in [5.41, 5.74) is 10.4. The lowest BCUT2D eigenvalue weighted by atomic mass is 9.82. The number of aromatic nitrogens is 4. The van der Waals surface area contributed by atoms with Crippen molar-refractivity contribution in [1.82, 2.24) is 29.8 Å². The number of carbonyl (C=O) groups excluding carboxylic acids is 2. The molecule has 11 nitrogen and oxygen atoms in total. The number of Topliss-reactive ketones (excluding diaryl/α,β-unsaturated/α-hetero) is 1. The van der Waals surface area contributed by atoms with Crippen molar-refractivity contribution >= 4 is 29.0 Å². The largest absolute Gasteiger partial charge is 0.384 e. The second-order valence-electron chi connectivity index (χ2n) is 9.98. The number of amides is 1. The molecule has 4 N–H and O–H groups in total. The molecule has 11 heteroatoms. The number of nitrogens with zero attached hydrogens (tertiary/aromatic N) is 6. The third-order valence-electron chi connectivity index (χ3n) is 7.25. The van der Waals surface area contributed by atoms with Gasteiger partial charge in [0.2, 0.25) is 0 Å². The number of hydrogen-bond acceptors (Lipinski definition) is 9. The highest BCUT2D eigenvalue weighted by atomic mass is 16.3. The van der Waals surface area contributed by atoms with Crippen LogP contribution in [0.15, 0.2) is 29.5 Å². The van der Waals surface area contributed by atoms with Crippen LogP contribution in [0.3, 0.4) is 0 Å². The molecule has 5 rings (SSSR count). The van der Waals surface area contributed by atoms with Crippen LogP contribution in [0.5, 0.6) is 0 Å². The molecule has 3 aromatic rings. The van der Waals surface area contributed by atoms with Gasteiger partial charge in [0.25, 0.3) is 5.91 Å². The monoisotopic (exact) mass is 504 g/mol. The maximum Gasteiger partial charge on any atom is 0.251 e. The van der Waals surface area contributed by atoms with Crippen molar-refractivity contribution in [3.05, 3.63) is 41.5 Å². The maximum atomic E-state index is 12.8. The molecule has 3 unspecified atom stereocenters. The number of amidine groups is 1. The van der Waals surface area contributed by atoms with Crippen LogP contribution < -0.4 is 11.1 Å². The summed E-state index contributed by atoms with van der Waals surface area (Å²) in [5.74, 6) is 0.462. The minimum absolute atomic E-state index is 0.0936. The molecule has 1 amide bonds. The quantitative estimate of drug-likeness (QED) is 0.445. The summed E-state index contributed by atoms with van der Waals surface area (Å²) in [5, 5.41) is 17.5. The SMILES string of the molecule is CC(=O)c1c(C2CC(C)N(C(=O)C(C)O)[C@@H](C)C2)nc2c(-c3ccc(C4=NCCN4)nc3)cnn2c1N. The van der Waals surface area contributed by atoms with Gasteiger partial charge in [-0.25, -0.2) is 4.98 Å². The highest BCUT2D eigenvalue weighted by molar-refractivity contribution is 6.01. The normalized spacial score (nSPS) is 22.6. The fourth-order valence-corrected chi connectivity index (χ4v) is 5.61. The predicted octanol–water partition coefficient (Wildman–Crippen LogP) is 1.79. The number of ketones is 1. The first-order chi connectivity index (χ1) is 17.7. The molecule has 0 radical (unpaired) electrons. The van der Waals surface area contributed by atoms with Crippen molar-refractivity contribution in [2.45, 2.75) is 64.6 Å². The molecule has 2 aliphatic rings. The van der Waals surface area contributed by atoms with Gasteiger partial charge in [-0.05, 0) is 46.6 Å². The minimum Gasteiger partial charge on any atom is -0.384 e. The van der Waals surface area contributed by atoms with E-state index in [0.717, 1.165) is 35.7 Å². The van der Waals surface area contributed by atoms with E-state index < -0.39 is 6.10 Å². The number of carbonyl (C=O) groups is 2. The van der Waals surface area contributed by atoms with E-state index in [1.807, 2.05) is 26.0 Å². The fourth-order valence-electron chi connectivity index (χ4n) is 5.61. The average molecular weight is 505 g/mol. The van der Waals surface area contributed by atoms with E-state index in [-0.39, 0.29) is 35.5 Å². The number of anilines is 1. The summed E-state index contributed by atoms with van der Waals surface area (Å²) in [6, 6.07) is 3.58. The number of aliphatic hydroxyl groups is 1. The molecule has 3 aromatic heterocycles. The highest BCUT2D eigenvalue weighted by Gasteiger charge is 2.38. The third kappa shape index (κ3) is 4.33. The Kier molecular flexibility index (Phi) is 6.40. The zero-order valence-electron chi connectivity index (χ0n) is 21.5. The molecule has 0 bridgehead atoms. The third-order valence-corrected chi connectivity index (χ3v) is 7.25. The van der Waals surface area contributed by atoms with Gasteiger partial charge in [0, 0.05) is 41.9 Å². The van der Waals surface area contributed by atoms with Crippen molar-refractivity contribution in [1.29, 1.82) is 0 Å². The predicted molar refractivity (Wildman–Crippen MR) is 139 cm³/mol. The van der Waals surface area contributed by atoms with E-state index in [1.165, 1.54) is 18.4 Å². The average Bonchev–Trinajstić information content (AvgIpc) is 3.54. The first-order valence-electron chi connectivity index (χ1n) is 12.6. The zero-order chi connectivity index (χ0) is 26.4. The van der Waals surface area contributed by atoms with Crippen molar-refractivity contribution in [3.8, 4) is 11.1 Å². The number of likely N-dealkylation sites (tertiary alicyclic amines) is 1. The number of nitrogen functional groups attached to an aromatic ring is 1. The number of aliphatic hydroxyl groups excluding tert-OH is 1. The van der Waals surface area contributed by atoms with Gasteiger partial charge in [-0.3, -0.25) is 19.6 Å². The first-order valence-corrected chi connectivity index (χ1v) is 12.6. The lowest BCUT2D eigenvalue weighted by Gasteiger charge is -2.43. The summed E-state index contributed by atoms with van der Waals surface area (Å²) < 4.78 is 1.51. The van der Waals surface area contributed by atoms with Gasteiger partial charge in [-0.2, -0.15) is 9.61 Å². The van der Waals surface area contributed by atoms with Crippen LogP contribution in [0.4, 0.5) is 5.82 Å². The Balaban J connectivity index is 1.55. The molecule has 1 fully saturated rings. The lowest BCUT2D eigenvalue weighted by molar-refractivity contribution is -0.146. The number of nitrogens with one attached hydrogen (secondary N) is 1. The van der Waals surface area contributed by atoms with Crippen LogP contribution >= 0.6 is 0 Å². The maximum absolute atomic E-state index is 12.8. The Morgan fingerprint density at radius 2 is 1.92 bits per heavy atom. The standard InChI is InChI=1S/C26H32N8O3/c1-13-9-18(10-14(2)33(13)26(37)16(4)36)22-21(15(3)35)23(27)34-25(32-22)19(12-31-34)17-5-6-20(30-11-17)24-28-7-8-29-24/h5-6,11-14,16,18,36H,7-10,27H2,1-4H3,(H,28,29)/t13-,14?,16?,18?/m0/s1. The molecule has 0 aromatic carbocycles. The summed E-state index contributed by atoms with van der Waals surface area (Å²) in [6.45, 7) is 8.42. The molecule has 1 saturated heterocycles. The van der Waals surface area contributed by atoms with Crippen molar-refractivity contribution in [2.24, 2.45) is 4.99 Å². The summed E-state index contributed by atoms with van der Waals surface area (Å²) in [7, 11) is 0. The summed E-state index contributed by atoms with van der Waals surface area (Å²) >= 11 is 0. The first kappa shape index (κ1) is 24.8. The topological polar surface area (TPSA) is 151 Å². The fraction of sp³-hybridized carbons (Fsp3) is 0.462. The molecular formula is C26H32N8O3. The summed E-state index contributed by atoms with van der Waals surface area (Å²) in [6.07, 6.45) is 3.57. The van der Waals surface area contributed by atoms with Crippen LogP contribution in [-0.2, 0) is 4.79 Å². The van der Waals surface area contributed by atoms with Crippen LogP contribution in [0.25, 0.3) is 16.8 Å². The number of piperidine rings is 1. The second-order valence-corrected chi connectivity index (χ2v) is 9.98. The van der Waals surface area contributed by atoms with Crippen LogP contribution in [0, 0.1) is 0 Å². The van der Waals surface area contributed by atoms with Crippen molar-refractivity contribution < 1.29 is 14.7 Å². The number of aliphatic imine (C=N–C) groups is 1. The lowest BCUT2D eigenvalue weighted by Crippen LogP contribution is -2.52. The van der Waals surface area contributed by atoms with Crippen molar-refractivity contribution in [2.75, 3.05) is 18.8 Å². The Labute approximate surface area is 214 Å². The van der Waals surface area contributed by atoms with Crippen LogP contribution in [0.1, 0.15) is 68.2 Å². The van der Waals surface area contributed by atoms with E-state index in [4.69, 9.17) is 10.7 Å². The van der Waals surface area contributed by atoms with Gasteiger partial charge in [0.15, 0.2) is 11.4 Å². The zero-order valence-corrected chi connectivity index (χ0v) is 21.5. The van der Waals surface area contributed by atoms with Crippen molar-refractivity contribution in [3.63, 3.8) is 0 Å². The van der Waals surface area contributed by atoms with Gasteiger partial charge in [-0.15, -0.1) is 0 Å². The van der Waals surface area contributed by atoms with Crippen LogP contribution in [0.2, 0.25) is 0 Å². The second kappa shape index (κ2) is 9.55. The molecule has 37 heavy (non-hydrogen) atoms. The van der Waals surface area contributed by atoms with Crippen LogP contribution in [-0.4, -0.2) is 78.4 Å². The molecule has 0 spiro atoms. The molecule has 2 aliphatic heterocycles. The molecule has 4 atom stereocenters. The minimum atomic E-state index is -1.06. The number of rotatable bonds is 5. The van der Waals surface area contributed by atoms with E-state index in [0.29, 0.717) is 29.7 Å². The number of nitrogens with two attached hydrogens (primary N) is 1. The van der Waals surface area contributed by atoms with E-state index in [9.17, 15) is 14.7 Å². The number of pyridine rings is 1. The van der Waals surface area contributed by atoms with Gasteiger partial charge >= 0.3 is 0 Å². The summed E-state index contributed by atoms with van der Waals surface area (Å²) in [4.78, 5) is 41.0. The van der Waals surface area contributed by atoms with Gasteiger partial charge in [-0.1, -0.05) is 6.07 Å². The Morgan fingerprint density at radius 1 is 1.19 bits per heavy atom. The Bertz CT molecular complexity index is 1380. The van der Waals surface area contributed by atoms with Gasteiger partial charge in [0.1, 0.15) is 23.5 Å². The van der Waals surface area contributed by atoms with E-state index in [2.05, 4.69) is 20.4 Å². The Hall–Kier alpha value is -3.86. The number of hydrogen-bond donors (Lipinski definition) is 3. The van der Waals surface area contributed by atoms with E-state index >= 15 is 0 Å². The molecule has 0 aliphatic carbocycles. The van der Waals surface area contributed by atoms with Gasteiger partial charge < -0.3 is 21.1 Å².